The summed E-state index contributed by atoms with van der Waals surface area (Å²) < 4.78 is 28.3. The molecule has 0 fully saturated rings. The molecule has 14 nitrogen and oxygen atoms in total. The monoisotopic (exact) mass is 961 g/mol. The summed E-state index contributed by atoms with van der Waals surface area (Å²) in [4.78, 5) is 61.8. The Morgan fingerprint density at radius 3 is 1.42 bits per heavy atom. The van der Waals surface area contributed by atoms with Crippen LogP contribution in [0.25, 0.3) is 0 Å². The Morgan fingerprint density at radius 2 is 0.985 bits per heavy atom. The molecule has 0 aromatic rings. The Morgan fingerprint density at radius 1 is 0.561 bits per heavy atom. The zero-order valence-electron chi connectivity index (χ0n) is 43.2. The minimum absolute atomic E-state index is 0.163. The summed E-state index contributed by atoms with van der Waals surface area (Å²) in [6, 6.07) is -2.20. The molecule has 0 aliphatic carbocycles. The lowest BCUT2D eigenvalue weighted by molar-refractivity contribution is -0.130. The summed E-state index contributed by atoms with van der Waals surface area (Å²) in [7, 11) is -4.72. The molecule has 4 amide bonds. The molecule has 0 saturated carbocycles. The summed E-state index contributed by atoms with van der Waals surface area (Å²) >= 11 is 0. The summed E-state index contributed by atoms with van der Waals surface area (Å²) in [6.45, 7) is 12.1. The lowest BCUT2D eigenvalue weighted by Crippen LogP contribution is -2.51. The van der Waals surface area contributed by atoms with Crippen molar-refractivity contribution in [2.75, 3.05) is 26.3 Å². The van der Waals surface area contributed by atoms with Crippen molar-refractivity contribution in [3.8, 4) is 0 Å². The second-order valence-electron chi connectivity index (χ2n) is 19.8. The molecular formula is C51H101N4O10P. The van der Waals surface area contributed by atoms with Crippen LogP contribution in [0.2, 0.25) is 0 Å². The van der Waals surface area contributed by atoms with Crippen molar-refractivity contribution in [1.29, 1.82) is 0 Å². The topological polar surface area (TPSA) is 202 Å². The van der Waals surface area contributed by atoms with Gasteiger partial charge in [0, 0.05) is 19.5 Å². The fraction of sp³-hybridized carbons (Fsp3) is 0.922. The number of phosphoric acid groups is 1. The Bertz CT molecular complexity index is 1270. The number of carbonyl (C=O) groups excluding carboxylic acids is 4. The Balaban J connectivity index is 4.85. The molecule has 0 saturated heterocycles. The molecule has 0 aromatic heterocycles. The van der Waals surface area contributed by atoms with E-state index >= 15 is 0 Å². The van der Waals surface area contributed by atoms with Crippen LogP contribution in [-0.4, -0.2) is 83.9 Å². The largest absolute Gasteiger partial charge is 0.472 e. The third-order valence-electron chi connectivity index (χ3n) is 11.8. The molecule has 0 aliphatic rings. The molecule has 0 bridgehead atoms. The van der Waals surface area contributed by atoms with Gasteiger partial charge in [0.05, 0.1) is 19.3 Å². The van der Waals surface area contributed by atoms with Crippen LogP contribution < -0.4 is 21.3 Å². The molecule has 390 valence electrons. The molecule has 66 heavy (non-hydrogen) atoms. The van der Waals surface area contributed by atoms with Crippen molar-refractivity contribution >= 4 is 31.6 Å². The van der Waals surface area contributed by atoms with Gasteiger partial charge in [0.15, 0.2) is 0 Å². The quantitative estimate of drug-likeness (QED) is 0.0252. The van der Waals surface area contributed by atoms with E-state index in [-0.39, 0.29) is 31.3 Å². The molecule has 0 spiro atoms. The number of carbonyl (C=O) groups is 4. The highest BCUT2D eigenvalue weighted by Crippen LogP contribution is 2.43. The first kappa shape index (κ1) is 63.8. The number of phosphoric ester groups is 1. The highest BCUT2D eigenvalue weighted by atomic mass is 31.2. The molecule has 2 unspecified atom stereocenters. The van der Waals surface area contributed by atoms with Gasteiger partial charge in [-0.15, -0.1) is 0 Å². The van der Waals surface area contributed by atoms with Crippen LogP contribution in [0.3, 0.4) is 0 Å². The van der Waals surface area contributed by atoms with Gasteiger partial charge in [-0.25, -0.2) is 9.36 Å². The van der Waals surface area contributed by atoms with Gasteiger partial charge in [-0.1, -0.05) is 201 Å². The van der Waals surface area contributed by atoms with Gasteiger partial charge in [-0.3, -0.25) is 23.4 Å². The van der Waals surface area contributed by atoms with E-state index in [1.54, 1.807) is 34.6 Å². The summed E-state index contributed by atoms with van der Waals surface area (Å²) in [5.41, 5.74) is -0.750. The van der Waals surface area contributed by atoms with Gasteiger partial charge >= 0.3 is 13.9 Å². The molecule has 0 radical (unpaired) electrons. The fourth-order valence-electron chi connectivity index (χ4n) is 7.75. The number of aliphatic hydroxyl groups excluding tert-OH is 1. The van der Waals surface area contributed by atoms with E-state index in [1.807, 2.05) is 0 Å². The summed E-state index contributed by atoms with van der Waals surface area (Å²) in [5.74, 6) is -1.78. The molecule has 0 aliphatic heterocycles. The number of alkyl carbamates (subject to hydrolysis) is 1. The van der Waals surface area contributed by atoms with Gasteiger partial charge in [-0.05, 0) is 46.0 Å². The van der Waals surface area contributed by atoms with Crippen molar-refractivity contribution < 1.29 is 47.5 Å². The zero-order valence-corrected chi connectivity index (χ0v) is 44.1. The number of hydrogen-bond donors (Lipinski definition) is 6. The lowest BCUT2D eigenvalue weighted by Gasteiger charge is -2.25. The first-order valence-electron chi connectivity index (χ1n) is 26.7. The van der Waals surface area contributed by atoms with Crippen LogP contribution in [0.15, 0.2) is 0 Å². The highest BCUT2D eigenvalue weighted by Gasteiger charge is 2.29. The Hall–Kier alpha value is -2.25. The minimum atomic E-state index is -4.72. The second-order valence-corrected chi connectivity index (χ2v) is 21.3. The van der Waals surface area contributed by atoms with Crippen LogP contribution in [0, 0.1) is 5.92 Å². The first-order chi connectivity index (χ1) is 31.5. The van der Waals surface area contributed by atoms with Crippen LogP contribution in [-0.2, 0) is 32.7 Å². The van der Waals surface area contributed by atoms with Crippen LogP contribution in [0.4, 0.5) is 4.79 Å². The molecule has 0 aromatic carbocycles. The van der Waals surface area contributed by atoms with E-state index in [2.05, 4.69) is 35.1 Å². The molecule has 15 heteroatoms. The maximum Gasteiger partial charge on any atom is 0.472 e. The SMILES string of the molecule is CCCCCCCCCCCCCCCCCCCC(=O)N[C@@H](COP(=O)(O)OCCNC(=O)[C@@H](NC(=O)OC(C)(C)C)C(C)C)C(=O)NCCC(O)CCCCCCCCCCCCC. The molecule has 6 N–H and O–H groups in total. The van der Waals surface area contributed by atoms with E-state index in [9.17, 15) is 33.7 Å². The number of ether oxygens (including phenoxy) is 1. The normalized spacial score (nSPS) is 14.0. The predicted molar refractivity (Wildman–Crippen MR) is 268 cm³/mol. The highest BCUT2D eigenvalue weighted by molar-refractivity contribution is 7.47. The number of nitrogens with one attached hydrogen (secondary N) is 4. The standard InChI is InChI=1S/C51H101N4O10P/c1-8-10-12-14-16-18-20-21-22-23-24-25-27-29-31-33-35-37-46(57)54-45(48(58)52-39-38-44(56)36-34-32-30-28-26-19-17-15-13-11-9-2)42-64-66(61,62)63-41-40-53-49(59)47(43(3)4)55-50(60)65-51(5,6)7/h43-45,47,56H,8-42H2,1-7H3,(H,52,58)(H,53,59)(H,54,57)(H,55,60)(H,61,62)/t44?,45-,47-/m0/s1. The van der Waals surface area contributed by atoms with Gasteiger partial charge in [-0.2, -0.15) is 0 Å². The Kier molecular flexibility index (Phi) is 40.3. The van der Waals surface area contributed by atoms with E-state index in [4.69, 9.17) is 13.8 Å². The number of unbranched alkanes of at least 4 members (excludes halogenated alkanes) is 26. The number of hydrogen-bond acceptors (Lipinski definition) is 9. The average Bonchev–Trinajstić information content (AvgIpc) is 3.25. The average molecular weight is 961 g/mol. The fourth-order valence-corrected chi connectivity index (χ4v) is 8.49. The Labute approximate surface area is 402 Å². The van der Waals surface area contributed by atoms with Crippen LogP contribution in [0.1, 0.15) is 248 Å². The minimum Gasteiger partial charge on any atom is -0.444 e. The van der Waals surface area contributed by atoms with E-state index in [0.29, 0.717) is 19.3 Å². The number of rotatable bonds is 45. The zero-order chi connectivity index (χ0) is 49.3. The third-order valence-corrected chi connectivity index (χ3v) is 12.7. The third kappa shape index (κ3) is 40.8. The van der Waals surface area contributed by atoms with Gasteiger partial charge in [0.1, 0.15) is 17.7 Å². The maximum atomic E-state index is 13.3. The van der Waals surface area contributed by atoms with Gasteiger partial charge in [0.2, 0.25) is 17.7 Å². The van der Waals surface area contributed by atoms with Gasteiger partial charge in [0.25, 0.3) is 0 Å². The predicted octanol–water partition coefficient (Wildman–Crippen LogP) is 11.9. The number of aliphatic hydroxyl groups is 1. The van der Waals surface area contributed by atoms with Crippen molar-refractivity contribution in [2.24, 2.45) is 5.92 Å². The first-order valence-corrected chi connectivity index (χ1v) is 28.1. The lowest BCUT2D eigenvalue weighted by atomic mass is 10.0. The molecular weight excluding hydrogens is 860 g/mol. The summed E-state index contributed by atoms with van der Waals surface area (Å²) in [6.07, 6.45) is 34.2. The second kappa shape index (κ2) is 41.7. The summed E-state index contributed by atoms with van der Waals surface area (Å²) in [5, 5.41) is 21.1. The van der Waals surface area contributed by atoms with Crippen molar-refractivity contribution in [1.82, 2.24) is 21.3 Å². The van der Waals surface area contributed by atoms with E-state index in [0.717, 1.165) is 38.5 Å². The smallest absolute Gasteiger partial charge is 0.444 e. The maximum absolute atomic E-state index is 13.3. The number of amides is 4. The van der Waals surface area contributed by atoms with Crippen molar-refractivity contribution in [2.45, 2.75) is 271 Å². The van der Waals surface area contributed by atoms with Crippen LogP contribution >= 0.6 is 7.82 Å². The van der Waals surface area contributed by atoms with Crippen molar-refractivity contribution in [3.05, 3.63) is 0 Å². The van der Waals surface area contributed by atoms with Crippen LogP contribution in [0.5, 0.6) is 0 Å². The molecule has 0 heterocycles. The van der Waals surface area contributed by atoms with E-state index < -0.39 is 62.7 Å². The molecule has 0 rings (SSSR count). The van der Waals surface area contributed by atoms with E-state index in [1.165, 1.54) is 135 Å². The van der Waals surface area contributed by atoms with Crippen molar-refractivity contribution in [3.63, 3.8) is 0 Å². The molecule has 4 atom stereocenters. The van der Waals surface area contributed by atoms with Gasteiger partial charge < -0.3 is 36.0 Å².